The summed E-state index contributed by atoms with van der Waals surface area (Å²) in [6, 6.07) is 7.64. The van der Waals surface area contributed by atoms with E-state index in [1.54, 1.807) is 12.1 Å². The molecule has 2 rings (SSSR count). The molecule has 1 saturated heterocycles. The van der Waals surface area contributed by atoms with Crippen molar-refractivity contribution in [3.05, 3.63) is 24.3 Å². The molecule has 0 bridgehead atoms. The molecule has 0 spiro atoms. The zero-order valence-corrected chi connectivity index (χ0v) is 12.2. The molecule has 1 aromatic rings. The smallest absolute Gasteiger partial charge is 0.226 e. The zero-order chi connectivity index (χ0) is 14.5. The van der Waals surface area contributed by atoms with Crippen LogP contribution in [-0.2, 0) is 4.79 Å². The third-order valence-electron chi connectivity index (χ3n) is 3.78. The van der Waals surface area contributed by atoms with Crippen LogP contribution in [0.15, 0.2) is 24.3 Å². The lowest BCUT2D eigenvalue weighted by Gasteiger charge is -2.37. The Hall–Kier alpha value is -1.75. The number of anilines is 1. The van der Waals surface area contributed by atoms with Crippen molar-refractivity contribution in [2.24, 2.45) is 0 Å². The standard InChI is InChI=1S/C15H23N3O2/c1-12-11-18(9-8-17(12)2)15(19)7-10-20-14-5-3-13(16)4-6-14/h3-6,12H,7-11,16H2,1-2H3. The largest absolute Gasteiger partial charge is 0.493 e. The number of nitrogens with two attached hydrogens (primary N) is 1. The number of hydrogen-bond acceptors (Lipinski definition) is 4. The maximum Gasteiger partial charge on any atom is 0.226 e. The minimum atomic E-state index is 0.167. The topological polar surface area (TPSA) is 58.8 Å². The molecule has 1 atom stereocenters. The van der Waals surface area contributed by atoms with Gasteiger partial charge in [0.25, 0.3) is 0 Å². The summed E-state index contributed by atoms with van der Waals surface area (Å²) in [6.07, 6.45) is 0.417. The van der Waals surface area contributed by atoms with Crippen LogP contribution < -0.4 is 10.5 Å². The molecule has 1 aromatic carbocycles. The minimum absolute atomic E-state index is 0.167. The van der Waals surface area contributed by atoms with Gasteiger partial charge in [0.2, 0.25) is 5.91 Å². The lowest BCUT2D eigenvalue weighted by atomic mass is 10.2. The Morgan fingerprint density at radius 2 is 2.05 bits per heavy atom. The lowest BCUT2D eigenvalue weighted by Crippen LogP contribution is -2.52. The third-order valence-corrected chi connectivity index (χ3v) is 3.78. The Kier molecular flexibility index (Phi) is 4.84. The van der Waals surface area contributed by atoms with Crippen LogP contribution in [0.4, 0.5) is 5.69 Å². The number of carbonyl (C=O) groups excluding carboxylic acids is 1. The van der Waals surface area contributed by atoms with Gasteiger partial charge in [-0.3, -0.25) is 4.79 Å². The highest BCUT2D eigenvalue weighted by Crippen LogP contribution is 2.14. The van der Waals surface area contributed by atoms with Crippen LogP contribution in [0, 0.1) is 0 Å². The van der Waals surface area contributed by atoms with Crippen LogP contribution in [0.3, 0.4) is 0 Å². The first-order chi connectivity index (χ1) is 9.56. The fourth-order valence-electron chi connectivity index (χ4n) is 2.25. The molecule has 1 aliphatic heterocycles. The van der Waals surface area contributed by atoms with Crippen LogP contribution in [0.1, 0.15) is 13.3 Å². The molecule has 0 aliphatic carbocycles. The van der Waals surface area contributed by atoms with E-state index in [9.17, 15) is 4.79 Å². The number of nitrogen functional groups attached to an aromatic ring is 1. The second-order valence-corrected chi connectivity index (χ2v) is 5.34. The van der Waals surface area contributed by atoms with Gasteiger partial charge in [-0.05, 0) is 38.2 Å². The summed E-state index contributed by atoms with van der Waals surface area (Å²) in [7, 11) is 2.09. The van der Waals surface area contributed by atoms with Crippen molar-refractivity contribution in [2.45, 2.75) is 19.4 Å². The van der Waals surface area contributed by atoms with E-state index in [1.807, 2.05) is 17.0 Å². The van der Waals surface area contributed by atoms with E-state index in [1.165, 1.54) is 0 Å². The number of rotatable bonds is 4. The summed E-state index contributed by atoms with van der Waals surface area (Å²) in [5, 5.41) is 0. The predicted molar refractivity (Wildman–Crippen MR) is 79.6 cm³/mol. The van der Waals surface area contributed by atoms with E-state index in [2.05, 4.69) is 18.9 Å². The molecule has 110 valence electrons. The van der Waals surface area contributed by atoms with Gasteiger partial charge >= 0.3 is 0 Å². The van der Waals surface area contributed by atoms with Crippen molar-refractivity contribution in [1.82, 2.24) is 9.80 Å². The quantitative estimate of drug-likeness (QED) is 0.840. The van der Waals surface area contributed by atoms with Gasteiger partial charge in [0.15, 0.2) is 0 Å². The highest BCUT2D eigenvalue weighted by Gasteiger charge is 2.23. The number of amides is 1. The van der Waals surface area contributed by atoms with Gasteiger partial charge in [0, 0.05) is 31.4 Å². The predicted octanol–water partition coefficient (Wildman–Crippen LogP) is 1.20. The summed E-state index contributed by atoms with van der Waals surface area (Å²) < 4.78 is 5.56. The second kappa shape index (κ2) is 6.61. The highest BCUT2D eigenvalue weighted by molar-refractivity contribution is 5.76. The van der Waals surface area contributed by atoms with Crippen LogP contribution in [-0.4, -0.2) is 55.0 Å². The van der Waals surface area contributed by atoms with E-state index < -0.39 is 0 Å². The van der Waals surface area contributed by atoms with E-state index in [4.69, 9.17) is 10.5 Å². The van der Waals surface area contributed by atoms with Crippen LogP contribution in [0.5, 0.6) is 5.75 Å². The number of piperazine rings is 1. The first-order valence-corrected chi connectivity index (χ1v) is 7.02. The van der Waals surface area contributed by atoms with E-state index >= 15 is 0 Å². The van der Waals surface area contributed by atoms with Crippen molar-refractivity contribution in [3.8, 4) is 5.75 Å². The molecule has 1 unspecified atom stereocenters. The zero-order valence-electron chi connectivity index (χ0n) is 12.2. The van der Waals surface area contributed by atoms with Gasteiger partial charge < -0.3 is 20.3 Å². The summed E-state index contributed by atoms with van der Waals surface area (Å²) >= 11 is 0. The Bertz CT molecular complexity index is 447. The normalized spacial score (nSPS) is 19.9. The third kappa shape index (κ3) is 3.87. The summed E-state index contributed by atoms with van der Waals surface area (Å²) in [4.78, 5) is 16.3. The van der Waals surface area contributed by atoms with Crippen molar-refractivity contribution < 1.29 is 9.53 Å². The molecule has 1 amide bonds. The molecule has 0 radical (unpaired) electrons. The van der Waals surface area contributed by atoms with Gasteiger partial charge in [-0.2, -0.15) is 0 Å². The van der Waals surface area contributed by atoms with Crippen molar-refractivity contribution in [1.29, 1.82) is 0 Å². The monoisotopic (exact) mass is 277 g/mol. The van der Waals surface area contributed by atoms with Gasteiger partial charge in [0.1, 0.15) is 5.75 Å². The van der Waals surface area contributed by atoms with Gasteiger partial charge in [-0.1, -0.05) is 0 Å². The fourth-order valence-corrected chi connectivity index (χ4v) is 2.25. The Balaban J connectivity index is 1.74. The lowest BCUT2D eigenvalue weighted by molar-refractivity contribution is -0.134. The Morgan fingerprint density at radius 3 is 2.70 bits per heavy atom. The molecule has 20 heavy (non-hydrogen) atoms. The van der Waals surface area contributed by atoms with Gasteiger partial charge in [0.05, 0.1) is 13.0 Å². The van der Waals surface area contributed by atoms with E-state index in [0.29, 0.717) is 24.8 Å². The summed E-state index contributed by atoms with van der Waals surface area (Å²) in [6.45, 7) is 5.10. The maximum atomic E-state index is 12.1. The number of carbonyl (C=O) groups is 1. The van der Waals surface area contributed by atoms with Crippen molar-refractivity contribution >= 4 is 11.6 Å². The number of ether oxygens (including phenoxy) is 1. The van der Waals surface area contributed by atoms with E-state index in [0.717, 1.165) is 25.4 Å². The molecule has 0 aromatic heterocycles. The molecular weight excluding hydrogens is 254 g/mol. The number of likely N-dealkylation sites (N-methyl/N-ethyl adjacent to an activating group) is 1. The van der Waals surface area contributed by atoms with Crippen molar-refractivity contribution in [2.75, 3.05) is 39.0 Å². The second-order valence-electron chi connectivity index (χ2n) is 5.34. The molecule has 1 heterocycles. The fraction of sp³-hybridized carbons (Fsp3) is 0.533. The van der Waals surface area contributed by atoms with Crippen molar-refractivity contribution in [3.63, 3.8) is 0 Å². The average Bonchev–Trinajstić information content (AvgIpc) is 2.44. The molecule has 2 N–H and O–H groups in total. The highest BCUT2D eigenvalue weighted by atomic mass is 16.5. The molecule has 1 fully saturated rings. The number of benzene rings is 1. The van der Waals surface area contributed by atoms with Gasteiger partial charge in [-0.25, -0.2) is 0 Å². The van der Waals surface area contributed by atoms with Crippen LogP contribution in [0.2, 0.25) is 0 Å². The average molecular weight is 277 g/mol. The van der Waals surface area contributed by atoms with Gasteiger partial charge in [-0.15, -0.1) is 0 Å². The first kappa shape index (κ1) is 14.7. The maximum absolute atomic E-state index is 12.1. The minimum Gasteiger partial charge on any atom is -0.493 e. The van der Waals surface area contributed by atoms with Crippen LogP contribution >= 0.6 is 0 Å². The van der Waals surface area contributed by atoms with Crippen LogP contribution in [0.25, 0.3) is 0 Å². The first-order valence-electron chi connectivity index (χ1n) is 7.02. The summed E-state index contributed by atoms with van der Waals surface area (Å²) in [5.74, 6) is 0.916. The number of hydrogen-bond donors (Lipinski definition) is 1. The van der Waals surface area contributed by atoms with E-state index in [-0.39, 0.29) is 5.91 Å². The Morgan fingerprint density at radius 1 is 1.35 bits per heavy atom. The summed E-state index contributed by atoms with van der Waals surface area (Å²) in [5.41, 5.74) is 6.31. The molecule has 1 aliphatic rings. The SMILES string of the molecule is CC1CN(C(=O)CCOc2ccc(N)cc2)CCN1C. The molecule has 0 saturated carbocycles. The Labute approximate surface area is 120 Å². The molecule has 5 heteroatoms. The molecular formula is C15H23N3O2. The number of nitrogens with zero attached hydrogens (tertiary/aromatic N) is 2. The molecule has 5 nitrogen and oxygen atoms in total.